The van der Waals surface area contributed by atoms with E-state index in [2.05, 4.69) is 47.7 Å². The van der Waals surface area contributed by atoms with Gasteiger partial charge in [-0.25, -0.2) is 9.48 Å². The van der Waals surface area contributed by atoms with E-state index in [4.69, 9.17) is 5.10 Å². The first-order valence-corrected chi connectivity index (χ1v) is 15.2. The normalized spacial score (nSPS) is 14.1. The van der Waals surface area contributed by atoms with Crippen molar-refractivity contribution >= 4 is 34.3 Å². The van der Waals surface area contributed by atoms with Gasteiger partial charge in [0.1, 0.15) is 11.5 Å². The Morgan fingerprint density at radius 3 is 2.43 bits per heavy atom. The smallest absolute Gasteiger partial charge is 0.324 e. The molecule has 44 heavy (non-hydrogen) atoms. The largest absolute Gasteiger partial charge is 0.337 e. The number of benzene rings is 3. The summed E-state index contributed by atoms with van der Waals surface area (Å²) in [6, 6.07) is 25.4. The van der Waals surface area contributed by atoms with E-state index in [0.29, 0.717) is 30.5 Å². The van der Waals surface area contributed by atoms with Crippen LogP contribution in [0, 0.1) is 12.8 Å². The lowest BCUT2D eigenvalue weighted by Gasteiger charge is -2.32. The highest BCUT2D eigenvalue weighted by atomic mass is 16.2. The molecule has 0 unspecified atom stereocenters. The molecule has 3 N–H and O–H groups in total. The first-order valence-electron chi connectivity index (χ1n) is 15.2. The van der Waals surface area contributed by atoms with Gasteiger partial charge in [-0.3, -0.25) is 15.2 Å². The summed E-state index contributed by atoms with van der Waals surface area (Å²) in [6.45, 7) is 9.78. The van der Waals surface area contributed by atoms with Crippen LogP contribution < -0.4 is 10.6 Å². The lowest BCUT2D eigenvalue weighted by Crippen LogP contribution is -2.39. The van der Waals surface area contributed by atoms with Crippen LogP contribution >= 0.6 is 0 Å². The van der Waals surface area contributed by atoms with E-state index in [1.165, 1.54) is 0 Å². The number of carbonyl (C=O) groups excluding carboxylic acids is 2. The minimum Gasteiger partial charge on any atom is -0.337 e. The maximum Gasteiger partial charge on any atom is 0.324 e. The predicted octanol–water partition coefficient (Wildman–Crippen LogP) is 7.09. The summed E-state index contributed by atoms with van der Waals surface area (Å²) in [5.74, 6) is 1.07. The topological polar surface area (TPSA) is 108 Å². The number of aromatic nitrogens is 4. The number of amides is 3. The zero-order valence-corrected chi connectivity index (χ0v) is 25.7. The molecule has 0 radical (unpaired) electrons. The molecule has 2 aromatic heterocycles. The van der Waals surface area contributed by atoms with Gasteiger partial charge in [0.2, 0.25) is 0 Å². The number of urea groups is 1. The van der Waals surface area contributed by atoms with Crippen molar-refractivity contribution in [3.8, 4) is 5.69 Å². The summed E-state index contributed by atoms with van der Waals surface area (Å²) in [7, 11) is 0. The molecule has 9 nitrogen and oxygen atoms in total. The fraction of sp³-hybridized carbons (Fsp3) is 0.314. The second kappa shape index (κ2) is 12.0. The van der Waals surface area contributed by atoms with Gasteiger partial charge in [-0.05, 0) is 68.0 Å². The molecule has 1 aliphatic rings. The Bertz CT molecular complexity index is 1790. The fourth-order valence-corrected chi connectivity index (χ4v) is 5.73. The minimum absolute atomic E-state index is 0.00713. The molecule has 5 aromatic rings. The molecule has 6 rings (SSSR count). The molecule has 3 heterocycles. The summed E-state index contributed by atoms with van der Waals surface area (Å²) >= 11 is 0. The van der Waals surface area contributed by atoms with Crippen molar-refractivity contribution in [3.05, 3.63) is 101 Å². The van der Waals surface area contributed by atoms with E-state index in [0.717, 1.165) is 58.4 Å². The number of hydrogen-bond acceptors (Lipinski definition) is 4. The third kappa shape index (κ3) is 6.37. The number of hydrogen-bond donors (Lipinski definition) is 3. The minimum atomic E-state index is -0.325. The van der Waals surface area contributed by atoms with Gasteiger partial charge in [0.05, 0.1) is 16.9 Å². The highest BCUT2D eigenvalue weighted by Gasteiger charge is 2.26. The Labute approximate surface area is 257 Å². The van der Waals surface area contributed by atoms with Crippen LogP contribution in [-0.2, 0) is 11.8 Å². The summed E-state index contributed by atoms with van der Waals surface area (Å²) in [5, 5.41) is 18.9. The van der Waals surface area contributed by atoms with Gasteiger partial charge >= 0.3 is 6.03 Å². The number of likely N-dealkylation sites (tertiary alicyclic amines) is 1. The predicted molar refractivity (Wildman–Crippen MR) is 175 cm³/mol. The van der Waals surface area contributed by atoms with E-state index in [-0.39, 0.29) is 17.4 Å². The molecule has 0 spiro atoms. The number of nitrogens with zero attached hydrogens (tertiary/aromatic N) is 4. The highest BCUT2D eigenvalue weighted by molar-refractivity contribution is 6.04. The van der Waals surface area contributed by atoms with Crippen LogP contribution in [0.15, 0.2) is 78.9 Å². The Kier molecular flexibility index (Phi) is 7.95. The molecule has 3 aromatic carbocycles. The van der Waals surface area contributed by atoms with Crippen molar-refractivity contribution in [1.82, 2.24) is 24.9 Å². The standard InChI is InChI=1S/C35H39N7O2/c1-23-12-14-27(15-13-23)42-31(22-30(40-42)35(2,3)4)37-34(44)36-26-9-7-8-25(21-26)20-24-16-18-41(19-17-24)33(43)32-28-10-5-6-11-29(28)38-39-32/h5-15,21-22,24H,16-20H2,1-4H3,(H,38,39)(H2,36,37,44). The van der Waals surface area contributed by atoms with Crippen molar-refractivity contribution in [1.29, 1.82) is 0 Å². The number of para-hydroxylation sites is 1. The molecule has 0 atom stereocenters. The molecule has 1 saturated heterocycles. The van der Waals surface area contributed by atoms with Crippen molar-refractivity contribution in [2.24, 2.45) is 5.92 Å². The molecule has 226 valence electrons. The number of rotatable bonds is 6. The number of aromatic amines is 1. The third-order valence-corrected chi connectivity index (χ3v) is 8.28. The Hall–Kier alpha value is -4.92. The van der Waals surface area contributed by atoms with Gasteiger partial charge in [-0.15, -0.1) is 0 Å². The first-order chi connectivity index (χ1) is 21.1. The molecular weight excluding hydrogens is 550 g/mol. The molecule has 0 saturated carbocycles. The lowest BCUT2D eigenvalue weighted by molar-refractivity contribution is 0.0686. The second-order valence-corrected chi connectivity index (χ2v) is 12.7. The van der Waals surface area contributed by atoms with Crippen molar-refractivity contribution in [2.45, 2.75) is 52.4 Å². The number of fused-ring (bicyclic) bond motifs is 1. The van der Waals surface area contributed by atoms with Crippen molar-refractivity contribution < 1.29 is 9.59 Å². The van der Waals surface area contributed by atoms with Crippen molar-refractivity contribution in [3.63, 3.8) is 0 Å². The van der Waals surface area contributed by atoms with Gasteiger partial charge in [0.15, 0.2) is 0 Å². The fourth-order valence-electron chi connectivity index (χ4n) is 5.73. The summed E-state index contributed by atoms with van der Waals surface area (Å²) < 4.78 is 1.78. The van der Waals surface area contributed by atoms with E-state index >= 15 is 0 Å². The lowest BCUT2D eigenvalue weighted by atomic mass is 9.90. The molecule has 1 fully saturated rings. The van der Waals surface area contributed by atoms with E-state index in [1.807, 2.05) is 84.6 Å². The molecule has 0 aliphatic carbocycles. The third-order valence-electron chi connectivity index (χ3n) is 8.28. The number of anilines is 2. The number of piperidine rings is 1. The number of nitrogens with one attached hydrogen (secondary N) is 3. The van der Waals surface area contributed by atoms with Gasteiger partial charge < -0.3 is 10.2 Å². The molecule has 1 aliphatic heterocycles. The summed E-state index contributed by atoms with van der Waals surface area (Å²) in [6.07, 6.45) is 2.74. The van der Waals surface area contributed by atoms with Crippen LogP contribution in [0.1, 0.15) is 60.9 Å². The Morgan fingerprint density at radius 1 is 0.932 bits per heavy atom. The maximum absolute atomic E-state index is 13.2. The summed E-state index contributed by atoms with van der Waals surface area (Å²) in [5.41, 5.74) is 6.02. The van der Waals surface area contributed by atoms with Crippen LogP contribution in [-0.4, -0.2) is 49.9 Å². The van der Waals surface area contributed by atoms with Crippen LogP contribution in [0.2, 0.25) is 0 Å². The SMILES string of the molecule is Cc1ccc(-n2nc(C(C)(C)C)cc2NC(=O)Nc2cccc(CC3CCN(C(=O)c4[nH]nc5ccccc45)CC3)c2)cc1. The van der Waals surface area contributed by atoms with Gasteiger partial charge in [0, 0.05) is 35.6 Å². The molecular formula is C35H39N7O2. The number of aryl methyl sites for hydroxylation is 1. The summed E-state index contributed by atoms with van der Waals surface area (Å²) in [4.78, 5) is 28.3. The zero-order valence-electron chi connectivity index (χ0n) is 25.7. The number of H-pyrrole nitrogens is 1. The maximum atomic E-state index is 13.2. The average molecular weight is 590 g/mol. The van der Waals surface area contributed by atoms with E-state index in [9.17, 15) is 9.59 Å². The van der Waals surface area contributed by atoms with Crippen LogP contribution in [0.4, 0.5) is 16.3 Å². The number of carbonyl (C=O) groups is 2. The zero-order chi connectivity index (χ0) is 30.8. The molecule has 3 amide bonds. The van der Waals surface area contributed by atoms with Gasteiger partial charge in [-0.1, -0.05) is 68.8 Å². The van der Waals surface area contributed by atoms with Crippen LogP contribution in [0.5, 0.6) is 0 Å². The Morgan fingerprint density at radius 2 is 1.68 bits per heavy atom. The monoisotopic (exact) mass is 589 g/mol. The highest BCUT2D eigenvalue weighted by Crippen LogP contribution is 2.28. The second-order valence-electron chi connectivity index (χ2n) is 12.7. The molecule has 9 heteroatoms. The quantitative estimate of drug-likeness (QED) is 0.196. The average Bonchev–Trinajstić information content (AvgIpc) is 3.63. The van der Waals surface area contributed by atoms with Gasteiger partial charge in [0.25, 0.3) is 5.91 Å². The first kappa shape index (κ1) is 29.2. The van der Waals surface area contributed by atoms with E-state index in [1.54, 1.807) is 4.68 Å². The van der Waals surface area contributed by atoms with Crippen LogP contribution in [0.3, 0.4) is 0 Å². The van der Waals surface area contributed by atoms with Gasteiger partial charge in [-0.2, -0.15) is 10.2 Å². The Balaban J connectivity index is 1.07. The van der Waals surface area contributed by atoms with Crippen LogP contribution in [0.25, 0.3) is 16.6 Å². The van der Waals surface area contributed by atoms with Crippen molar-refractivity contribution in [2.75, 3.05) is 23.7 Å². The van der Waals surface area contributed by atoms with E-state index < -0.39 is 0 Å². The molecule has 0 bridgehead atoms.